The second kappa shape index (κ2) is 9.10. The summed E-state index contributed by atoms with van der Waals surface area (Å²) in [4.78, 5) is 14.7. The van der Waals surface area contributed by atoms with E-state index in [1.807, 2.05) is 24.3 Å². The van der Waals surface area contributed by atoms with Crippen molar-refractivity contribution in [1.29, 1.82) is 0 Å². The van der Waals surface area contributed by atoms with E-state index >= 15 is 0 Å². The molecule has 0 bridgehead atoms. The van der Waals surface area contributed by atoms with Crippen LogP contribution in [0.1, 0.15) is 41.2 Å². The topological polar surface area (TPSA) is 41.6 Å². The number of likely N-dealkylation sites (tertiary alicyclic amines) is 1. The van der Waals surface area contributed by atoms with E-state index in [9.17, 15) is 18.0 Å². The first-order valence-corrected chi connectivity index (χ1v) is 9.31. The van der Waals surface area contributed by atoms with Crippen LogP contribution in [0.15, 0.2) is 36.4 Å². The predicted molar refractivity (Wildman–Crippen MR) is 99.8 cm³/mol. The highest BCUT2D eigenvalue weighted by molar-refractivity contribution is 5.94. The lowest BCUT2D eigenvalue weighted by Gasteiger charge is -2.35. The van der Waals surface area contributed by atoms with Crippen LogP contribution in [0.3, 0.4) is 0 Å². The van der Waals surface area contributed by atoms with Gasteiger partial charge in [0, 0.05) is 6.54 Å². The van der Waals surface area contributed by atoms with Crippen LogP contribution in [0.4, 0.5) is 13.2 Å². The Kier molecular flexibility index (Phi) is 6.57. The lowest BCUT2D eigenvalue weighted by Crippen LogP contribution is -2.40. The molecule has 0 spiro atoms. The Morgan fingerprint density at radius 2 is 1.86 bits per heavy atom. The molecule has 1 amide bonds. The highest BCUT2D eigenvalue weighted by Gasteiger charge is 2.25. The quantitative estimate of drug-likeness (QED) is 0.754. The maximum atomic E-state index is 13.9. The molecule has 0 aliphatic carbocycles. The number of hydrogen-bond donors (Lipinski definition) is 1. The first kappa shape index (κ1) is 20.2. The van der Waals surface area contributed by atoms with Crippen LogP contribution in [-0.4, -0.2) is 37.6 Å². The maximum absolute atomic E-state index is 13.9. The molecule has 1 aliphatic rings. The molecule has 1 N–H and O–H groups in total. The third-order valence-corrected chi connectivity index (χ3v) is 5.05. The molecule has 4 nitrogen and oxygen atoms in total. The molecular weight excluding hydrogens is 369 g/mol. The largest absolute Gasteiger partial charge is 0.497 e. The van der Waals surface area contributed by atoms with Crippen molar-refractivity contribution >= 4 is 5.91 Å². The molecule has 0 radical (unpaired) electrons. The van der Waals surface area contributed by atoms with Gasteiger partial charge in [-0.15, -0.1) is 0 Å². The zero-order valence-corrected chi connectivity index (χ0v) is 15.7. The van der Waals surface area contributed by atoms with Gasteiger partial charge in [0.05, 0.1) is 18.7 Å². The molecule has 1 fully saturated rings. The standard InChI is InChI=1S/C21H23F3N2O2/c1-28-15-7-5-6-14(12-15)18(26-10-3-2-4-11-26)13-25-21(27)16-8-9-17(22)20(24)19(16)23/h5-9,12,18H,2-4,10-11,13H2,1H3,(H,25,27). The van der Waals surface area contributed by atoms with Crippen LogP contribution < -0.4 is 10.1 Å². The Bertz CT molecular complexity index is 838. The summed E-state index contributed by atoms with van der Waals surface area (Å²) in [5.74, 6) is -4.52. The van der Waals surface area contributed by atoms with Crippen LogP contribution in [-0.2, 0) is 0 Å². The van der Waals surface area contributed by atoms with E-state index in [1.165, 1.54) is 0 Å². The van der Waals surface area contributed by atoms with Crippen LogP contribution in [0.25, 0.3) is 0 Å². The van der Waals surface area contributed by atoms with E-state index in [1.54, 1.807) is 7.11 Å². The lowest BCUT2D eigenvalue weighted by molar-refractivity contribution is 0.0919. The van der Waals surface area contributed by atoms with Crippen molar-refractivity contribution in [3.8, 4) is 5.75 Å². The number of rotatable bonds is 6. The summed E-state index contributed by atoms with van der Waals surface area (Å²) in [5, 5.41) is 2.67. The number of carbonyl (C=O) groups excluding carboxylic acids is 1. The van der Waals surface area contributed by atoms with Gasteiger partial charge in [0.1, 0.15) is 5.75 Å². The molecule has 2 aromatic carbocycles. The Hall–Kier alpha value is -2.54. The van der Waals surface area contributed by atoms with E-state index in [0.717, 1.165) is 50.0 Å². The number of piperidine rings is 1. The third-order valence-electron chi connectivity index (χ3n) is 5.05. The van der Waals surface area contributed by atoms with Gasteiger partial charge >= 0.3 is 0 Å². The SMILES string of the molecule is COc1cccc(C(CNC(=O)c2ccc(F)c(F)c2F)N2CCCCC2)c1. The van der Waals surface area contributed by atoms with Gasteiger partial charge in [-0.3, -0.25) is 9.69 Å². The third kappa shape index (κ3) is 4.47. The highest BCUT2D eigenvalue weighted by atomic mass is 19.2. The Morgan fingerprint density at radius 1 is 1.11 bits per heavy atom. The fraction of sp³-hybridized carbons (Fsp3) is 0.381. The number of nitrogens with one attached hydrogen (secondary N) is 1. The van der Waals surface area contributed by atoms with Gasteiger partial charge in [-0.1, -0.05) is 18.6 Å². The van der Waals surface area contributed by atoms with Gasteiger partial charge in [0.2, 0.25) is 0 Å². The van der Waals surface area contributed by atoms with E-state index in [4.69, 9.17) is 4.74 Å². The molecule has 1 heterocycles. The molecule has 1 unspecified atom stereocenters. The number of methoxy groups -OCH3 is 1. The summed E-state index contributed by atoms with van der Waals surface area (Å²) in [6.07, 6.45) is 3.28. The second-order valence-corrected chi connectivity index (χ2v) is 6.82. The Labute approximate surface area is 162 Å². The first-order valence-electron chi connectivity index (χ1n) is 9.31. The van der Waals surface area contributed by atoms with Crippen molar-refractivity contribution in [3.63, 3.8) is 0 Å². The van der Waals surface area contributed by atoms with Crippen LogP contribution in [0, 0.1) is 17.5 Å². The molecule has 1 saturated heterocycles. The van der Waals surface area contributed by atoms with E-state index in [-0.39, 0.29) is 12.6 Å². The fourth-order valence-electron chi connectivity index (χ4n) is 3.52. The molecule has 1 aliphatic heterocycles. The van der Waals surface area contributed by atoms with Gasteiger partial charge in [-0.2, -0.15) is 0 Å². The fourth-order valence-corrected chi connectivity index (χ4v) is 3.52. The van der Waals surface area contributed by atoms with Crippen molar-refractivity contribution in [2.45, 2.75) is 25.3 Å². The molecule has 0 aromatic heterocycles. The normalized spacial score (nSPS) is 15.9. The van der Waals surface area contributed by atoms with E-state index in [0.29, 0.717) is 5.75 Å². The van der Waals surface area contributed by atoms with Crippen molar-refractivity contribution in [1.82, 2.24) is 10.2 Å². The summed E-state index contributed by atoms with van der Waals surface area (Å²) >= 11 is 0. The number of benzene rings is 2. The van der Waals surface area contributed by atoms with Crippen molar-refractivity contribution < 1.29 is 22.7 Å². The molecular formula is C21H23F3N2O2. The predicted octanol–water partition coefficient (Wildman–Crippen LogP) is 4.07. The zero-order valence-electron chi connectivity index (χ0n) is 15.7. The van der Waals surface area contributed by atoms with Crippen molar-refractivity contribution in [3.05, 3.63) is 65.0 Å². The van der Waals surface area contributed by atoms with Crippen LogP contribution in [0.5, 0.6) is 5.75 Å². The molecule has 7 heteroatoms. The number of carbonyl (C=O) groups is 1. The van der Waals surface area contributed by atoms with Gasteiger partial charge in [-0.05, 0) is 55.8 Å². The highest BCUT2D eigenvalue weighted by Crippen LogP contribution is 2.27. The smallest absolute Gasteiger partial charge is 0.254 e. The minimum absolute atomic E-state index is 0.132. The number of nitrogens with zero attached hydrogens (tertiary/aromatic N) is 1. The van der Waals surface area contributed by atoms with Crippen LogP contribution >= 0.6 is 0 Å². The van der Waals surface area contributed by atoms with Gasteiger partial charge in [0.15, 0.2) is 17.5 Å². The van der Waals surface area contributed by atoms with Gasteiger partial charge < -0.3 is 10.1 Å². The number of hydrogen-bond acceptors (Lipinski definition) is 3. The Balaban J connectivity index is 1.79. The van der Waals surface area contributed by atoms with E-state index < -0.39 is 28.9 Å². The second-order valence-electron chi connectivity index (χ2n) is 6.82. The van der Waals surface area contributed by atoms with Crippen molar-refractivity contribution in [2.24, 2.45) is 0 Å². The van der Waals surface area contributed by atoms with Gasteiger partial charge in [-0.25, -0.2) is 13.2 Å². The van der Waals surface area contributed by atoms with E-state index in [2.05, 4.69) is 10.2 Å². The number of halogens is 3. The van der Waals surface area contributed by atoms with Crippen LogP contribution in [0.2, 0.25) is 0 Å². The van der Waals surface area contributed by atoms with Crippen molar-refractivity contribution in [2.75, 3.05) is 26.7 Å². The average Bonchev–Trinajstić information content (AvgIpc) is 2.73. The average molecular weight is 392 g/mol. The summed E-state index contributed by atoms with van der Waals surface area (Å²) in [7, 11) is 1.59. The molecule has 28 heavy (non-hydrogen) atoms. The summed E-state index contributed by atoms with van der Waals surface area (Å²) in [5.41, 5.74) is 0.453. The molecule has 0 saturated carbocycles. The lowest BCUT2D eigenvalue weighted by atomic mass is 10.0. The summed E-state index contributed by atoms with van der Waals surface area (Å²) in [6, 6.07) is 9.14. The minimum atomic E-state index is -1.65. The zero-order chi connectivity index (χ0) is 20.1. The molecule has 1 atom stereocenters. The first-order chi connectivity index (χ1) is 13.5. The maximum Gasteiger partial charge on any atom is 0.254 e. The number of amides is 1. The summed E-state index contributed by atoms with van der Waals surface area (Å²) < 4.78 is 45.8. The van der Waals surface area contributed by atoms with Gasteiger partial charge in [0.25, 0.3) is 5.91 Å². The molecule has 3 rings (SSSR count). The molecule has 150 valence electrons. The molecule has 2 aromatic rings. The minimum Gasteiger partial charge on any atom is -0.497 e. The number of ether oxygens (including phenoxy) is 1. The monoisotopic (exact) mass is 392 g/mol. The Morgan fingerprint density at radius 3 is 2.57 bits per heavy atom. The summed E-state index contributed by atoms with van der Waals surface area (Å²) in [6.45, 7) is 1.99.